The minimum absolute atomic E-state index is 0.00486. The smallest absolute Gasteiger partial charge is 0.253 e. The summed E-state index contributed by atoms with van der Waals surface area (Å²) in [4.78, 5) is 13.8. The van der Waals surface area contributed by atoms with Gasteiger partial charge in [0.2, 0.25) is 0 Å². The molecule has 1 saturated heterocycles. The molecule has 0 radical (unpaired) electrons. The molecule has 1 aliphatic rings. The van der Waals surface area contributed by atoms with Crippen LogP contribution in [-0.4, -0.2) is 36.9 Å². The topological polar surface area (TPSA) is 49.8 Å². The highest BCUT2D eigenvalue weighted by Gasteiger charge is 2.27. The van der Waals surface area contributed by atoms with Crippen molar-refractivity contribution in [2.75, 3.05) is 24.7 Å². The summed E-state index contributed by atoms with van der Waals surface area (Å²) in [5, 5.41) is 8.87. The van der Waals surface area contributed by atoms with E-state index >= 15 is 0 Å². The van der Waals surface area contributed by atoms with Gasteiger partial charge in [0.05, 0.1) is 12.6 Å². The molecule has 0 aromatic heterocycles. The highest BCUT2D eigenvalue weighted by atomic mass is 16.5. The number of hydrogen-bond donors (Lipinski definition) is 1. The van der Waals surface area contributed by atoms with E-state index in [9.17, 15) is 4.79 Å². The average molecular weight is 263 g/mol. The number of anilines is 1. The van der Waals surface area contributed by atoms with Crippen LogP contribution in [0.15, 0.2) is 18.2 Å². The largest absolute Gasteiger partial charge is 0.396 e. The molecule has 1 unspecified atom stereocenters. The van der Waals surface area contributed by atoms with E-state index in [0.29, 0.717) is 13.0 Å². The van der Waals surface area contributed by atoms with Gasteiger partial charge in [-0.2, -0.15) is 0 Å². The predicted molar refractivity (Wildman–Crippen MR) is 74.3 cm³/mol. The molecule has 0 aliphatic carbocycles. The lowest BCUT2D eigenvalue weighted by atomic mass is 10.1. The summed E-state index contributed by atoms with van der Waals surface area (Å²) >= 11 is 0. The zero-order chi connectivity index (χ0) is 13.8. The van der Waals surface area contributed by atoms with Gasteiger partial charge < -0.3 is 14.7 Å². The molecule has 4 heteroatoms. The number of aliphatic hydroxyl groups is 1. The minimum Gasteiger partial charge on any atom is -0.396 e. The molecule has 1 fully saturated rings. The van der Waals surface area contributed by atoms with Crippen LogP contribution < -0.4 is 4.90 Å². The monoisotopic (exact) mass is 263 g/mol. The lowest BCUT2D eigenvalue weighted by molar-refractivity contribution is -0.129. The maximum absolute atomic E-state index is 12.0. The fourth-order valence-corrected chi connectivity index (χ4v) is 2.47. The molecule has 0 saturated carbocycles. The normalized spacial score (nSPS) is 19.8. The summed E-state index contributed by atoms with van der Waals surface area (Å²) in [6, 6.07) is 6.15. The van der Waals surface area contributed by atoms with E-state index in [4.69, 9.17) is 9.84 Å². The van der Waals surface area contributed by atoms with Crippen LogP contribution in [0.3, 0.4) is 0 Å². The molecular weight excluding hydrogens is 242 g/mol. The molecule has 0 spiro atoms. The van der Waals surface area contributed by atoms with Crippen LogP contribution >= 0.6 is 0 Å². The lowest BCUT2D eigenvalue weighted by Gasteiger charge is -2.33. The number of nitrogens with zero attached hydrogens (tertiary/aromatic N) is 1. The number of aliphatic hydroxyl groups excluding tert-OH is 1. The first-order valence-corrected chi connectivity index (χ1v) is 6.71. The van der Waals surface area contributed by atoms with E-state index in [0.717, 1.165) is 23.2 Å². The van der Waals surface area contributed by atoms with Gasteiger partial charge in [0, 0.05) is 12.3 Å². The summed E-state index contributed by atoms with van der Waals surface area (Å²) in [6.45, 7) is 4.93. The van der Waals surface area contributed by atoms with E-state index in [2.05, 4.69) is 6.07 Å². The first-order chi connectivity index (χ1) is 9.10. The van der Waals surface area contributed by atoms with Crippen molar-refractivity contribution in [2.45, 2.75) is 32.8 Å². The average Bonchev–Trinajstić information content (AvgIpc) is 2.36. The third-order valence-corrected chi connectivity index (χ3v) is 3.33. The van der Waals surface area contributed by atoms with Crippen LogP contribution in [0.25, 0.3) is 0 Å². The Balaban J connectivity index is 2.14. The van der Waals surface area contributed by atoms with E-state index in [1.165, 1.54) is 0 Å². The predicted octanol–water partition coefficient (Wildman–Crippen LogP) is 1.81. The molecule has 4 nitrogen and oxygen atoms in total. The van der Waals surface area contributed by atoms with Crippen molar-refractivity contribution in [3.8, 4) is 0 Å². The molecular formula is C15H21NO3. The molecule has 1 N–H and O–H groups in total. The summed E-state index contributed by atoms with van der Waals surface area (Å²) in [5.74, 6) is 0.00486. The molecule has 1 aromatic rings. The molecule has 1 aromatic carbocycles. The van der Waals surface area contributed by atoms with Crippen LogP contribution in [0.1, 0.15) is 24.0 Å². The Hall–Kier alpha value is -1.39. The minimum atomic E-state index is 0.00486. The van der Waals surface area contributed by atoms with Crippen LogP contribution in [-0.2, 0) is 9.53 Å². The first kappa shape index (κ1) is 14.0. The zero-order valence-electron chi connectivity index (χ0n) is 11.6. The standard InChI is InChI=1S/C15H21NO3/c1-11-6-12(2)8-13(7-11)16-9-14(4-3-5-17)19-10-15(16)18/h6-8,14,17H,3-5,9-10H2,1-2H3. The second kappa shape index (κ2) is 6.17. The summed E-state index contributed by atoms with van der Waals surface area (Å²) < 4.78 is 5.50. The number of ether oxygens (including phenoxy) is 1. The lowest BCUT2D eigenvalue weighted by Crippen LogP contribution is -2.46. The molecule has 1 aliphatic heterocycles. The number of hydrogen-bond acceptors (Lipinski definition) is 3. The molecule has 0 bridgehead atoms. The van der Waals surface area contributed by atoms with Gasteiger partial charge in [0.1, 0.15) is 6.61 Å². The van der Waals surface area contributed by atoms with Gasteiger partial charge in [-0.25, -0.2) is 0 Å². The van der Waals surface area contributed by atoms with Gasteiger partial charge in [0.15, 0.2) is 0 Å². The summed E-state index contributed by atoms with van der Waals surface area (Å²) in [5.41, 5.74) is 3.25. The van der Waals surface area contributed by atoms with Gasteiger partial charge in [0.25, 0.3) is 5.91 Å². The first-order valence-electron chi connectivity index (χ1n) is 6.71. The number of rotatable bonds is 4. The maximum atomic E-state index is 12.0. The number of aryl methyl sites for hydroxylation is 2. The van der Waals surface area contributed by atoms with Gasteiger partial charge >= 0.3 is 0 Å². The Morgan fingerprint density at radius 1 is 1.32 bits per heavy atom. The highest BCUT2D eigenvalue weighted by Crippen LogP contribution is 2.23. The Morgan fingerprint density at radius 3 is 2.63 bits per heavy atom. The van der Waals surface area contributed by atoms with Crippen molar-refractivity contribution in [1.29, 1.82) is 0 Å². The Morgan fingerprint density at radius 2 is 2.00 bits per heavy atom. The molecule has 2 rings (SSSR count). The van der Waals surface area contributed by atoms with Gasteiger partial charge in [-0.1, -0.05) is 6.07 Å². The number of carbonyl (C=O) groups is 1. The van der Waals surface area contributed by atoms with Crippen molar-refractivity contribution in [3.05, 3.63) is 29.3 Å². The zero-order valence-corrected chi connectivity index (χ0v) is 11.6. The maximum Gasteiger partial charge on any atom is 0.253 e. The third kappa shape index (κ3) is 3.55. The number of carbonyl (C=O) groups excluding carboxylic acids is 1. The van der Waals surface area contributed by atoms with Gasteiger partial charge in [-0.15, -0.1) is 0 Å². The molecule has 1 heterocycles. The van der Waals surface area contributed by atoms with E-state index in [1.807, 2.05) is 26.0 Å². The van der Waals surface area contributed by atoms with E-state index in [-0.39, 0.29) is 25.2 Å². The van der Waals surface area contributed by atoms with Gasteiger partial charge in [-0.05, 0) is 49.9 Å². The quantitative estimate of drug-likeness (QED) is 0.901. The Bertz CT molecular complexity index is 438. The number of benzene rings is 1. The fourth-order valence-electron chi connectivity index (χ4n) is 2.47. The summed E-state index contributed by atoms with van der Waals surface area (Å²) in [6.07, 6.45) is 1.51. The molecule has 19 heavy (non-hydrogen) atoms. The van der Waals surface area contributed by atoms with Crippen molar-refractivity contribution >= 4 is 11.6 Å². The van der Waals surface area contributed by atoms with Crippen molar-refractivity contribution in [1.82, 2.24) is 0 Å². The van der Waals surface area contributed by atoms with Crippen molar-refractivity contribution in [3.63, 3.8) is 0 Å². The van der Waals surface area contributed by atoms with Crippen molar-refractivity contribution in [2.24, 2.45) is 0 Å². The Kier molecular flexibility index (Phi) is 4.56. The summed E-state index contributed by atoms with van der Waals surface area (Å²) in [7, 11) is 0. The highest BCUT2D eigenvalue weighted by molar-refractivity contribution is 5.95. The third-order valence-electron chi connectivity index (χ3n) is 3.33. The van der Waals surface area contributed by atoms with Gasteiger partial charge in [-0.3, -0.25) is 4.79 Å². The van der Waals surface area contributed by atoms with Crippen LogP contribution in [0.4, 0.5) is 5.69 Å². The molecule has 1 atom stereocenters. The fraction of sp³-hybridized carbons (Fsp3) is 0.533. The van der Waals surface area contributed by atoms with Crippen molar-refractivity contribution < 1.29 is 14.6 Å². The molecule has 104 valence electrons. The van der Waals surface area contributed by atoms with Crippen LogP contribution in [0.2, 0.25) is 0 Å². The second-order valence-corrected chi connectivity index (χ2v) is 5.15. The Labute approximate surface area is 114 Å². The van der Waals surface area contributed by atoms with Crippen LogP contribution in [0, 0.1) is 13.8 Å². The molecule has 1 amide bonds. The number of morpholine rings is 1. The van der Waals surface area contributed by atoms with Crippen LogP contribution in [0.5, 0.6) is 0 Å². The number of amides is 1. The van der Waals surface area contributed by atoms with E-state index < -0.39 is 0 Å². The second-order valence-electron chi connectivity index (χ2n) is 5.15. The van der Waals surface area contributed by atoms with E-state index in [1.54, 1.807) is 4.90 Å². The SMILES string of the molecule is Cc1cc(C)cc(N2CC(CCCO)OCC2=O)c1.